The van der Waals surface area contributed by atoms with Crippen molar-refractivity contribution in [3.63, 3.8) is 0 Å². The summed E-state index contributed by atoms with van der Waals surface area (Å²) in [7, 11) is 0. The maximum absolute atomic E-state index is 11.7. The molecule has 1 aromatic carbocycles. The Morgan fingerprint density at radius 2 is 2.00 bits per heavy atom. The smallest absolute Gasteiger partial charge is 0.238 e. The van der Waals surface area contributed by atoms with Gasteiger partial charge in [-0.05, 0) is 38.8 Å². The van der Waals surface area contributed by atoms with Gasteiger partial charge in [0.2, 0.25) is 5.91 Å². The number of para-hydroxylation sites is 1. The van der Waals surface area contributed by atoms with E-state index in [9.17, 15) is 9.90 Å². The predicted molar refractivity (Wildman–Crippen MR) is 73.6 cm³/mol. The third-order valence-electron chi connectivity index (χ3n) is 2.72. The van der Waals surface area contributed by atoms with E-state index in [-0.39, 0.29) is 24.6 Å². The molecule has 0 aliphatic rings. The molecule has 0 aliphatic heterocycles. The Kier molecular flexibility index (Phi) is 5.82. The lowest BCUT2D eigenvalue weighted by molar-refractivity contribution is -0.115. The van der Waals surface area contributed by atoms with Crippen LogP contribution in [0.5, 0.6) is 0 Å². The van der Waals surface area contributed by atoms with Crippen molar-refractivity contribution in [2.24, 2.45) is 0 Å². The van der Waals surface area contributed by atoms with E-state index in [0.29, 0.717) is 6.42 Å². The number of nitrogens with one attached hydrogen (secondary N) is 2. The van der Waals surface area contributed by atoms with Crippen molar-refractivity contribution < 1.29 is 9.90 Å². The molecule has 4 nitrogen and oxygen atoms in total. The molecule has 0 radical (unpaired) electrons. The number of aliphatic hydroxyl groups excluding tert-OH is 1. The van der Waals surface area contributed by atoms with Crippen LogP contribution in [0, 0.1) is 6.92 Å². The molecule has 1 aromatic rings. The quantitative estimate of drug-likeness (QED) is 0.720. The van der Waals surface area contributed by atoms with Crippen molar-refractivity contribution in [3.8, 4) is 0 Å². The summed E-state index contributed by atoms with van der Waals surface area (Å²) in [5, 5.41) is 15.2. The van der Waals surface area contributed by atoms with E-state index in [1.807, 2.05) is 38.1 Å². The minimum Gasteiger partial charge on any atom is -0.393 e. The lowest BCUT2D eigenvalue weighted by atomic mass is 10.1. The number of carbonyl (C=O) groups excluding carboxylic acids is 1. The van der Waals surface area contributed by atoms with Crippen LogP contribution in [0.1, 0.15) is 25.8 Å². The second-order valence-corrected chi connectivity index (χ2v) is 4.73. The molecular weight excluding hydrogens is 228 g/mol. The third kappa shape index (κ3) is 5.29. The molecule has 18 heavy (non-hydrogen) atoms. The van der Waals surface area contributed by atoms with Gasteiger partial charge in [0.1, 0.15) is 0 Å². The summed E-state index contributed by atoms with van der Waals surface area (Å²) in [5.74, 6) is -0.0678. The molecule has 1 rings (SSSR count). The normalized spacial score (nSPS) is 14.0. The van der Waals surface area contributed by atoms with Gasteiger partial charge in [0.15, 0.2) is 0 Å². The first-order valence-corrected chi connectivity index (χ1v) is 6.26. The molecule has 0 bridgehead atoms. The van der Waals surface area contributed by atoms with Crippen LogP contribution in [0.2, 0.25) is 0 Å². The SMILES string of the molecule is Cc1ccccc1NC(=O)CNC(C)CC(C)O. The van der Waals surface area contributed by atoms with Gasteiger partial charge in [-0.25, -0.2) is 0 Å². The lowest BCUT2D eigenvalue weighted by Gasteiger charge is -2.15. The number of hydrogen-bond acceptors (Lipinski definition) is 3. The van der Waals surface area contributed by atoms with Gasteiger partial charge in [-0.3, -0.25) is 4.79 Å². The minimum atomic E-state index is -0.355. The zero-order valence-electron chi connectivity index (χ0n) is 11.2. The Balaban J connectivity index is 2.36. The van der Waals surface area contributed by atoms with Crippen LogP contribution in [0.3, 0.4) is 0 Å². The lowest BCUT2D eigenvalue weighted by Crippen LogP contribution is -2.36. The van der Waals surface area contributed by atoms with E-state index in [4.69, 9.17) is 0 Å². The molecule has 0 saturated heterocycles. The third-order valence-corrected chi connectivity index (χ3v) is 2.72. The van der Waals surface area contributed by atoms with E-state index in [1.54, 1.807) is 6.92 Å². The first kappa shape index (κ1) is 14.7. The van der Waals surface area contributed by atoms with Crippen molar-refractivity contribution >= 4 is 11.6 Å². The zero-order valence-corrected chi connectivity index (χ0v) is 11.2. The highest BCUT2D eigenvalue weighted by Gasteiger charge is 2.08. The Morgan fingerprint density at radius 1 is 1.33 bits per heavy atom. The van der Waals surface area contributed by atoms with Crippen LogP contribution >= 0.6 is 0 Å². The number of amides is 1. The maximum Gasteiger partial charge on any atom is 0.238 e. The first-order chi connectivity index (χ1) is 8.49. The van der Waals surface area contributed by atoms with E-state index in [2.05, 4.69) is 10.6 Å². The predicted octanol–water partition coefficient (Wildman–Crippen LogP) is 1.68. The second kappa shape index (κ2) is 7.13. The summed E-state index contributed by atoms with van der Waals surface area (Å²) in [6.07, 6.45) is 0.282. The van der Waals surface area contributed by atoms with E-state index in [0.717, 1.165) is 11.3 Å². The molecule has 0 aliphatic carbocycles. The van der Waals surface area contributed by atoms with Crippen LogP contribution in [-0.2, 0) is 4.79 Å². The molecule has 100 valence electrons. The molecule has 0 heterocycles. The number of aryl methyl sites for hydroxylation is 1. The van der Waals surface area contributed by atoms with E-state index < -0.39 is 0 Å². The zero-order chi connectivity index (χ0) is 13.5. The van der Waals surface area contributed by atoms with Gasteiger partial charge in [-0.2, -0.15) is 0 Å². The Bertz CT molecular complexity index is 391. The largest absolute Gasteiger partial charge is 0.393 e. The number of hydrogen-bond donors (Lipinski definition) is 3. The van der Waals surface area contributed by atoms with Gasteiger partial charge < -0.3 is 15.7 Å². The summed E-state index contributed by atoms with van der Waals surface area (Å²) in [6.45, 7) is 5.90. The number of benzene rings is 1. The van der Waals surface area contributed by atoms with Crippen LogP contribution in [0.4, 0.5) is 5.69 Å². The van der Waals surface area contributed by atoms with Gasteiger partial charge in [0.05, 0.1) is 12.6 Å². The average molecular weight is 250 g/mol. The number of rotatable bonds is 6. The first-order valence-electron chi connectivity index (χ1n) is 6.26. The summed E-state index contributed by atoms with van der Waals surface area (Å²) >= 11 is 0. The van der Waals surface area contributed by atoms with Gasteiger partial charge in [-0.1, -0.05) is 18.2 Å². The number of anilines is 1. The highest BCUT2D eigenvalue weighted by atomic mass is 16.3. The van der Waals surface area contributed by atoms with Crippen LogP contribution in [0.25, 0.3) is 0 Å². The fourth-order valence-corrected chi connectivity index (χ4v) is 1.77. The van der Waals surface area contributed by atoms with Crippen molar-refractivity contribution in [2.75, 3.05) is 11.9 Å². The highest BCUT2D eigenvalue weighted by Crippen LogP contribution is 2.12. The van der Waals surface area contributed by atoms with Gasteiger partial charge >= 0.3 is 0 Å². The number of carbonyl (C=O) groups is 1. The van der Waals surface area contributed by atoms with Gasteiger partial charge in [-0.15, -0.1) is 0 Å². The van der Waals surface area contributed by atoms with Gasteiger partial charge in [0, 0.05) is 11.7 Å². The van der Waals surface area contributed by atoms with Crippen molar-refractivity contribution in [1.82, 2.24) is 5.32 Å². The molecule has 0 aromatic heterocycles. The average Bonchev–Trinajstić information content (AvgIpc) is 2.29. The van der Waals surface area contributed by atoms with Crippen molar-refractivity contribution in [3.05, 3.63) is 29.8 Å². The van der Waals surface area contributed by atoms with Crippen LogP contribution < -0.4 is 10.6 Å². The van der Waals surface area contributed by atoms with E-state index >= 15 is 0 Å². The molecule has 1 amide bonds. The second-order valence-electron chi connectivity index (χ2n) is 4.73. The molecular formula is C14H22N2O2. The monoisotopic (exact) mass is 250 g/mol. The maximum atomic E-state index is 11.7. The Labute approximate surface area is 108 Å². The topological polar surface area (TPSA) is 61.4 Å². The molecule has 3 N–H and O–H groups in total. The fraction of sp³-hybridized carbons (Fsp3) is 0.500. The molecule has 0 saturated carbocycles. The summed E-state index contributed by atoms with van der Waals surface area (Å²) in [6, 6.07) is 7.79. The summed E-state index contributed by atoms with van der Waals surface area (Å²) < 4.78 is 0. The molecule has 2 unspecified atom stereocenters. The van der Waals surface area contributed by atoms with E-state index in [1.165, 1.54) is 0 Å². The molecule has 4 heteroatoms. The summed E-state index contributed by atoms with van der Waals surface area (Å²) in [5.41, 5.74) is 1.88. The van der Waals surface area contributed by atoms with Crippen LogP contribution in [-0.4, -0.2) is 29.7 Å². The molecule has 2 atom stereocenters. The number of aliphatic hydroxyl groups is 1. The molecule has 0 fully saturated rings. The minimum absolute atomic E-state index is 0.0678. The van der Waals surface area contributed by atoms with Crippen molar-refractivity contribution in [2.45, 2.75) is 39.3 Å². The standard InChI is InChI=1S/C14H22N2O2/c1-10-6-4-5-7-13(10)16-14(18)9-15-11(2)8-12(3)17/h4-7,11-12,15,17H,8-9H2,1-3H3,(H,16,18). The molecule has 0 spiro atoms. The van der Waals surface area contributed by atoms with Crippen molar-refractivity contribution in [1.29, 1.82) is 0 Å². The Hall–Kier alpha value is -1.39. The van der Waals surface area contributed by atoms with Gasteiger partial charge in [0.25, 0.3) is 0 Å². The van der Waals surface area contributed by atoms with Crippen LogP contribution in [0.15, 0.2) is 24.3 Å². The summed E-state index contributed by atoms with van der Waals surface area (Å²) in [4.78, 5) is 11.7. The Morgan fingerprint density at radius 3 is 2.61 bits per heavy atom. The highest BCUT2D eigenvalue weighted by molar-refractivity contribution is 5.92. The fourth-order valence-electron chi connectivity index (χ4n) is 1.77.